The second-order valence-corrected chi connectivity index (χ2v) is 12.5. The molecular formula is C30H28FN7O4S. The number of carbonyl (C=O) groups is 1. The zero-order valence-electron chi connectivity index (χ0n) is 23.1. The molecule has 0 atom stereocenters. The highest BCUT2D eigenvalue weighted by Gasteiger charge is 2.29. The SMILES string of the molecule is CS(=O)(=O)N1CCC(c2cc(-c3ccc(-c4ccn(-c5ccccc5)c(=O)c4C(N)=O)cc3F)c3c(N)ncnn23)CC1. The number of primary amides is 1. The molecule has 13 heteroatoms. The van der Waals surface area contributed by atoms with Crippen LogP contribution in [0.4, 0.5) is 10.2 Å². The quantitative estimate of drug-likeness (QED) is 0.302. The highest BCUT2D eigenvalue weighted by atomic mass is 32.2. The monoisotopic (exact) mass is 601 g/mol. The van der Waals surface area contributed by atoms with Crippen molar-refractivity contribution in [2.75, 3.05) is 25.1 Å². The summed E-state index contributed by atoms with van der Waals surface area (Å²) in [7, 11) is -3.30. The van der Waals surface area contributed by atoms with E-state index in [1.807, 2.05) is 6.07 Å². The van der Waals surface area contributed by atoms with Gasteiger partial charge in [-0.25, -0.2) is 26.6 Å². The summed E-state index contributed by atoms with van der Waals surface area (Å²) in [5.41, 5.74) is 14.0. The van der Waals surface area contributed by atoms with E-state index in [0.29, 0.717) is 48.3 Å². The van der Waals surface area contributed by atoms with Crippen LogP contribution in [0.2, 0.25) is 0 Å². The molecule has 0 unspecified atom stereocenters. The van der Waals surface area contributed by atoms with Crippen LogP contribution in [-0.4, -0.2) is 57.1 Å². The highest BCUT2D eigenvalue weighted by molar-refractivity contribution is 7.88. The third-order valence-corrected chi connectivity index (χ3v) is 9.20. The van der Waals surface area contributed by atoms with Crippen LogP contribution in [0.3, 0.4) is 0 Å². The summed E-state index contributed by atoms with van der Waals surface area (Å²) in [6, 6.07) is 16.6. The van der Waals surface area contributed by atoms with Crippen LogP contribution >= 0.6 is 0 Å². The molecule has 0 spiro atoms. The third kappa shape index (κ3) is 5.06. The number of fused-ring (bicyclic) bond motifs is 1. The number of nitrogen functional groups attached to an aromatic ring is 1. The second-order valence-electron chi connectivity index (χ2n) is 10.5. The van der Waals surface area contributed by atoms with Gasteiger partial charge in [0, 0.05) is 53.3 Å². The van der Waals surface area contributed by atoms with Gasteiger partial charge in [-0.3, -0.25) is 14.2 Å². The first-order valence-electron chi connectivity index (χ1n) is 13.5. The number of hydrogen-bond acceptors (Lipinski definition) is 7. The Morgan fingerprint density at radius 1 is 1.00 bits per heavy atom. The van der Waals surface area contributed by atoms with Gasteiger partial charge >= 0.3 is 0 Å². The van der Waals surface area contributed by atoms with Gasteiger partial charge in [-0.15, -0.1) is 0 Å². The van der Waals surface area contributed by atoms with Gasteiger partial charge in [-0.1, -0.05) is 30.3 Å². The Balaban J connectivity index is 1.42. The molecule has 0 bridgehead atoms. The number of rotatable bonds is 6. The van der Waals surface area contributed by atoms with Gasteiger partial charge in [0.1, 0.15) is 23.2 Å². The first-order chi connectivity index (χ1) is 20.5. The summed E-state index contributed by atoms with van der Waals surface area (Å²) in [5.74, 6) is -1.42. The molecule has 4 heterocycles. The fourth-order valence-corrected chi connectivity index (χ4v) is 6.65. The molecule has 43 heavy (non-hydrogen) atoms. The van der Waals surface area contributed by atoms with Gasteiger partial charge in [0.2, 0.25) is 10.0 Å². The number of para-hydroxylation sites is 1. The number of sulfonamides is 1. The van der Waals surface area contributed by atoms with Crippen molar-refractivity contribution in [3.63, 3.8) is 0 Å². The molecule has 6 rings (SSSR count). The second kappa shape index (κ2) is 10.7. The Labute approximate surface area is 246 Å². The molecule has 11 nitrogen and oxygen atoms in total. The summed E-state index contributed by atoms with van der Waals surface area (Å²) < 4.78 is 44.3. The van der Waals surface area contributed by atoms with E-state index in [4.69, 9.17) is 11.5 Å². The maximum absolute atomic E-state index is 15.9. The minimum Gasteiger partial charge on any atom is -0.382 e. The van der Waals surface area contributed by atoms with Crippen molar-refractivity contribution in [1.29, 1.82) is 0 Å². The number of pyridine rings is 1. The number of amides is 1. The Morgan fingerprint density at radius 2 is 1.72 bits per heavy atom. The van der Waals surface area contributed by atoms with E-state index >= 15 is 4.39 Å². The number of nitrogens with two attached hydrogens (primary N) is 2. The summed E-state index contributed by atoms with van der Waals surface area (Å²) in [6.45, 7) is 0.724. The average Bonchev–Trinajstić information content (AvgIpc) is 3.37. The first kappa shape index (κ1) is 28.2. The standard InChI is InChI=1S/C30H28FN7O4S/c1-43(41,42)36-12-9-18(10-13-36)25-16-23(27-28(32)34-17-35-38(25)27)22-8-7-19(15-24(22)31)21-11-14-37(20-5-3-2-4-6-20)30(40)26(21)29(33)39/h2-8,11,14-18H,9-10,12-13H2,1H3,(H2,33,39)(H2,32,34,35). The van der Waals surface area contributed by atoms with Crippen LogP contribution in [0.1, 0.15) is 34.8 Å². The van der Waals surface area contributed by atoms with Gasteiger partial charge in [0.05, 0.1) is 6.26 Å². The van der Waals surface area contributed by atoms with E-state index in [9.17, 15) is 18.0 Å². The fourth-order valence-electron chi connectivity index (χ4n) is 5.78. The number of anilines is 1. The summed E-state index contributed by atoms with van der Waals surface area (Å²) in [6.07, 6.45) is 5.16. The lowest BCUT2D eigenvalue weighted by Gasteiger charge is -2.29. The highest BCUT2D eigenvalue weighted by Crippen LogP contribution is 2.38. The topological polar surface area (TPSA) is 159 Å². The molecular weight excluding hydrogens is 573 g/mol. The molecule has 2 aromatic carbocycles. The molecule has 5 aromatic rings. The van der Waals surface area contributed by atoms with Gasteiger partial charge in [0.25, 0.3) is 11.5 Å². The van der Waals surface area contributed by atoms with Crippen LogP contribution in [0, 0.1) is 5.82 Å². The summed E-state index contributed by atoms with van der Waals surface area (Å²) in [4.78, 5) is 29.8. The van der Waals surface area contributed by atoms with E-state index in [0.717, 1.165) is 5.69 Å². The van der Waals surface area contributed by atoms with Crippen molar-refractivity contribution in [2.45, 2.75) is 18.8 Å². The molecule has 3 aromatic heterocycles. The maximum atomic E-state index is 15.9. The number of hydrogen-bond donors (Lipinski definition) is 2. The van der Waals surface area contributed by atoms with Crippen molar-refractivity contribution in [3.05, 3.63) is 101 Å². The third-order valence-electron chi connectivity index (χ3n) is 7.89. The smallest absolute Gasteiger partial charge is 0.268 e. The number of benzene rings is 2. The predicted molar refractivity (Wildman–Crippen MR) is 161 cm³/mol. The largest absolute Gasteiger partial charge is 0.382 e. The van der Waals surface area contributed by atoms with Crippen molar-refractivity contribution in [1.82, 2.24) is 23.5 Å². The molecule has 220 valence electrons. The van der Waals surface area contributed by atoms with Crippen molar-refractivity contribution >= 4 is 27.3 Å². The van der Waals surface area contributed by atoms with Crippen molar-refractivity contribution in [3.8, 4) is 27.9 Å². The van der Waals surface area contributed by atoms with Gasteiger partial charge in [0.15, 0.2) is 5.82 Å². The number of piperidine rings is 1. The molecule has 1 amide bonds. The number of aromatic nitrogens is 4. The van der Waals surface area contributed by atoms with E-state index in [1.54, 1.807) is 53.0 Å². The average molecular weight is 602 g/mol. The zero-order valence-corrected chi connectivity index (χ0v) is 24.0. The minimum absolute atomic E-state index is 0.0369. The number of nitrogens with zero attached hydrogens (tertiary/aromatic N) is 5. The van der Waals surface area contributed by atoms with E-state index in [-0.39, 0.29) is 28.4 Å². The van der Waals surface area contributed by atoms with E-state index < -0.39 is 27.3 Å². The van der Waals surface area contributed by atoms with Gasteiger partial charge in [-0.2, -0.15) is 5.10 Å². The Morgan fingerprint density at radius 3 is 2.37 bits per heavy atom. The Bertz CT molecular complexity index is 2050. The van der Waals surface area contributed by atoms with Crippen LogP contribution in [0.15, 0.2) is 78.0 Å². The molecule has 0 radical (unpaired) electrons. The molecule has 1 aliphatic rings. The Hall–Kier alpha value is -4.88. The van der Waals surface area contributed by atoms with Crippen molar-refractivity contribution < 1.29 is 17.6 Å². The lowest BCUT2D eigenvalue weighted by molar-refractivity contribution is 0.0999. The molecule has 0 aliphatic carbocycles. The molecule has 0 saturated carbocycles. The maximum Gasteiger partial charge on any atom is 0.268 e. The number of carbonyl (C=O) groups excluding carboxylic acids is 1. The predicted octanol–water partition coefficient (Wildman–Crippen LogP) is 3.17. The van der Waals surface area contributed by atoms with Crippen LogP contribution in [0.5, 0.6) is 0 Å². The fraction of sp³-hybridized carbons (Fsp3) is 0.200. The number of halogens is 1. The zero-order chi connectivity index (χ0) is 30.5. The van der Waals surface area contributed by atoms with Crippen LogP contribution < -0.4 is 17.0 Å². The normalized spacial score (nSPS) is 14.7. The van der Waals surface area contributed by atoms with Crippen LogP contribution in [0.25, 0.3) is 33.5 Å². The summed E-state index contributed by atoms with van der Waals surface area (Å²) >= 11 is 0. The van der Waals surface area contributed by atoms with Gasteiger partial charge < -0.3 is 11.5 Å². The van der Waals surface area contributed by atoms with E-state index in [2.05, 4.69) is 10.1 Å². The van der Waals surface area contributed by atoms with Crippen molar-refractivity contribution in [2.24, 2.45) is 5.73 Å². The summed E-state index contributed by atoms with van der Waals surface area (Å²) in [5, 5.41) is 4.38. The first-order valence-corrected chi connectivity index (χ1v) is 15.4. The molecule has 4 N–H and O–H groups in total. The minimum atomic E-state index is -3.30. The lowest BCUT2D eigenvalue weighted by atomic mass is 9.93. The molecule has 1 fully saturated rings. The van der Waals surface area contributed by atoms with Gasteiger partial charge in [-0.05, 0) is 48.7 Å². The lowest BCUT2D eigenvalue weighted by Crippen LogP contribution is -2.37. The molecule has 1 aliphatic heterocycles. The Kier molecular flexibility index (Phi) is 7.06. The molecule has 1 saturated heterocycles. The van der Waals surface area contributed by atoms with Crippen LogP contribution in [-0.2, 0) is 10.0 Å². The van der Waals surface area contributed by atoms with E-state index in [1.165, 1.54) is 33.7 Å².